The van der Waals surface area contributed by atoms with Gasteiger partial charge in [-0.2, -0.15) is 0 Å². The van der Waals surface area contributed by atoms with Gasteiger partial charge in [-0.05, 0) is 12.8 Å². The Morgan fingerprint density at radius 2 is 1.16 bits per heavy atom. The number of unbranched alkanes of at least 4 members (excludes halogenated alkanes) is 18. The zero-order valence-electron chi connectivity index (χ0n) is 27.5. The fourth-order valence-electron chi connectivity index (χ4n) is 5.75. The van der Waals surface area contributed by atoms with Gasteiger partial charge in [-0.3, -0.25) is 4.79 Å². The van der Waals surface area contributed by atoms with E-state index in [1.54, 1.807) is 0 Å². The molecule has 0 aromatic carbocycles. The Kier molecular flexibility index (Phi) is 24.7. The Bertz CT molecular complexity index is 652. The number of carbonyl (C=O) groups is 1. The van der Waals surface area contributed by atoms with Gasteiger partial charge in [0.2, 0.25) is 5.91 Å². The Hall–Kier alpha value is -0.810. The van der Waals surface area contributed by atoms with Gasteiger partial charge in [0.25, 0.3) is 0 Å². The molecule has 0 radical (unpaired) electrons. The number of aliphatic hydroxyl groups is 5. The Labute approximate surface area is 262 Å². The maximum atomic E-state index is 12.8. The second kappa shape index (κ2) is 26.4. The number of carbonyl (C=O) groups excluding carboxylic acids is 1. The first-order valence-electron chi connectivity index (χ1n) is 17.7. The molecule has 43 heavy (non-hydrogen) atoms. The number of aliphatic hydroxyl groups excluding tert-OH is 5. The van der Waals surface area contributed by atoms with Crippen LogP contribution in [0.2, 0.25) is 0 Å². The summed E-state index contributed by atoms with van der Waals surface area (Å²) in [6, 6.07) is -0.707. The van der Waals surface area contributed by atoms with E-state index in [-0.39, 0.29) is 12.5 Å². The number of rotatable bonds is 28. The second-order valence-electron chi connectivity index (χ2n) is 12.7. The first kappa shape index (κ1) is 40.2. The lowest BCUT2D eigenvalue weighted by Crippen LogP contribution is -2.60. The van der Waals surface area contributed by atoms with Crippen LogP contribution in [0.1, 0.15) is 155 Å². The van der Waals surface area contributed by atoms with Crippen molar-refractivity contribution >= 4 is 5.91 Å². The van der Waals surface area contributed by atoms with Crippen molar-refractivity contribution in [3.63, 3.8) is 0 Å². The number of hydrogen-bond acceptors (Lipinski definition) is 8. The van der Waals surface area contributed by atoms with Crippen LogP contribution in [-0.4, -0.2) is 87.5 Å². The van der Waals surface area contributed by atoms with Crippen molar-refractivity contribution in [2.45, 2.75) is 198 Å². The van der Waals surface area contributed by atoms with E-state index < -0.39 is 49.5 Å². The van der Waals surface area contributed by atoms with Gasteiger partial charge in [0.15, 0.2) is 6.29 Å². The van der Waals surface area contributed by atoms with Crippen LogP contribution >= 0.6 is 0 Å². The lowest BCUT2D eigenvalue weighted by Gasteiger charge is -2.40. The van der Waals surface area contributed by atoms with Gasteiger partial charge >= 0.3 is 0 Å². The topological polar surface area (TPSA) is 149 Å². The quantitative estimate of drug-likeness (QED) is 0.0651. The molecule has 1 saturated heterocycles. The van der Waals surface area contributed by atoms with Crippen LogP contribution in [0.15, 0.2) is 0 Å². The molecule has 9 nitrogen and oxygen atoms in total. The van der Waals surface area contributed by atoms with Gasteiger partial charge in [-0.15, -0.1) is 0 Å². The van der Waals surface area contributed by atoms with Gasteiger partial charge in [-0.25, -0.2) is 0 Å². The maximum absolute atomic E-state index is 12.8. The summed E-state index contributed by atoms with van der Waals surface area (Å²) in [5, 5.41) is 53.8. The van der Waals surface area contributed by atoms with Gasteiger partial charge < -0.3 is 40.3 Å². The van der Waals surface area contributed by atoms with Crippen molar-refractivity contribution in [1.29, 1.82) is 0 Å². The third-order valence-electron chi connectivity index (χ3n) is 8.71. The molecular formula is C34H67NO8. The normalized spacial score (nSPS) is 23.7. The molecule has 1 aliphatic rings. The zero-order chi connectivity index (χ0) is 31.7. The minimum atomic E-state index is -1.54. The molecule has 7 atom stereocenters. The van der Waals surface area contributed by atoms with Gasteiger partial charge in [0, 0.05) is 6.42 Å². The fraction of sp³-hybridized carbons (Fsp3) is 0.971. The third kappa shape index (κ3) is 18.7. The van der Waals surface area contributed by atoms with Crippen molar-refractivity contribution in [2.24, 2.45) is 0 Å². The second-order valence-corrected chi connectivity index (χ2v) is 12.7. The summed E-state index contributed by atoms with van der Waals surface area (Å²) in [6.45, 7) is 3.77. The van der Waals surface area contributed by atoms with Crippen molar-refractivity contribution < 1.29 is 39.8 Å². The summed E-state index contributed by atoms with van der Waals surface area (Å²) in [7, 11) is 0. The highest BCUT2D eigenvalue weighted by molar-refractivity contribution is 5.76. The first-order chi connectivity index (χ1) is 20.8. The van der Waals surface area contributed by atoms with E-state index in [0.29, 0.717) is 12.8 Å². The SMILES string of the molecule is CCCCCCCCCCCCCC(O)C(COC1OC(CO)C(O)C(O)C1O)NC(=O)CCCCCCCCCCC. The molecule has 1 amide bonds. The van der Waals surface area contributed by atoms with E-state index >= 15 is 0 Å². The van der Waals surface area contributed by atoms with Crippen LogP contribution in [0.4, 0.5) is 0 Å². The summed E-state index contributed by atoms with van der Waals surface area (Å²) in [6.07, 6.45) is 16.9. The molecule has 9 heteroatoms. The number of hydrogen-bond donors (Lipinski definition) is 6. The summed E-state index contributed by atoms with van der Waals surface area (Å²) in [5.41, 5.74) is 0. The van der Waals surface area contributed by atoms with E-state index in [2.05, 4.69) is 19.2 Å². The van der Waals surface area contributed by atoms with Crippen molar-refractivity contribution in [2.75, 3.05) is 13.2 Å². The predicted molar refractivity (Wildman–Crippen MR) is 171 cm³/mol. The van der Waals surface area contributed by atoms with Crippen LogP contribution in [0, 0.1) is 0 Å². The smallest absolute Gasteiger partial charge is 0.220 e. The summed E-state index contributed by atoms with van der Waals surface area (Å²) in [4.78, 5) is 12.8. The van der Waals surface area contributed by atoms with Crippen LogP contribution in [-0.2, 0) is 14.3 Å². The highest BCUT2D eigenvalue weighted by atomic mass is 16.7. The molecule has 0 aromatic heterocycles. The Morgan fingerprint density at radius 3 is 1.65 bits per heavy atom. The van der Waals surface area contributed by atoms with Gasteiger partial charge in [0.05, 0.1) is 25.4 Å². The molecule has 1 heterocycles. The molecule has 1 rings (SSSR count). The minimum Gasteiger partial charge on any atom is -0.394 e. The molecular weight excluding hydrogens is 550 g/mol. The predicted octanol–water partition coefficient (Wildman–Crippen LogP) is 5.27. The molecule has 0 spiro atoms. The molecule has 1 fully saturated rings. The summed E-state index contributed by atoms with van der Waals surface area (Å²) < 4.78 is 11.2. The van der Waals surface area contributed by atoms with E-state index in [0.717, 1.165) is 38.5 Å². The van der Waals surface area contributed by atoms with E-state index in [4.69, 9.17) is 9.47 Å². The highest BCUT2D eigenvalue weighted by Crippen LogP contribution is 2.23. The first-order valence-corrected chi connectivity index (χ1v) is 17.7. The molecule has 6 N–H and O–H groups in total. The third-order valence-corrected chi connectivity index (χ3v) is 8.71. The van der Waals surface area contributed by atoms with E-state index in [1.807, 2.05) is 0 Å². The molecule has 256 valence electrons. The van der Waals surface area contributed by atoms with E-state index in [1.165, 1.54) is 89.9 Å². The van der Waals surface area contributed by atoms with Crippen molar-refractivity contribution in [1.82, 2.24) is 5.32 Å². The average molecular weight is 618 g/mol. The molecule has 0 bridgehead atoms. The average Bonchev–Trinajstić information content (AvgIpc) is 3.00. The van der Waals surface area contributed by atoms with Crippen LogP contribution in [0.3, 0.4) is 0 Å². The van der Waals surface area contributed by atoms with Gasteiger partial charge in [-0.1, -0.05) is 136 Å². The minimum absolute atomic E-state index is 0.134. The Balaban J connectivity index is 2.47. The molecule has 0 aliphatic carbocycles. The van der Waals surface area contributed by atoms with Crippen molar-refractivity contribution in [3.8, 4) is 0 Å². The van der Waals surface area contributed by atoms with Crippen LogP contribution in [0.5, 0.6) is 0 Å². The Morgan fingerprint density at radius 1 is 0.698 bits per heavy atom. The largest absolute Gasteiger partial charge is 0.394 e. The number of amides is 1. The fourth-order valence-corrected chi connectivity index (χ4v) is 5.75. The zero-order valence-corrected chi connectivity index (χ0v) is 27.5. The lowest BCUT2D eigenvalue weighted by molar-refractivity contribution is -0.302. The van der Waals surface area contributed by atoms with Gasteiger partial charge in [0.1, 0.15) is 24.4 Å². The lowest BCUT2D eigenvalue weighted by atomic mass is 9.99. The highest BCUT2D eigenvalue weighted by Gasteiger charge is 2.44. The van der Waals surface area contributed by atoms with Crippen molar-refractivity contribution in [3.05, 3.63) is 0 Å². The van der Waals surface area contributed by atoms with Crippen LogP contribution < -0.4 is 5.32 Å². The maximum Gasteiger partial charge on any atom is 0.220 e. The molecule has 1 aliphatic heterocycles. The number of ether oxygens (including phenoxy) is 2. The summed E-state index contributed by atoms with van der Waals surface area (Å²) >= 11 is 0. The van der Waals surface area contributed by atoms with E-state index in [9.17, 15) is 30.3 Å². The molecule has 7 unspecified atom stereocenters. The summed E-state index contributed by atoms with van der Waals surface area (Å²) in [5.74, 6) is -0.150. The molecule has 0 aromatic rings. The van der Waals surface area contributed by atoms with Crippen LogP contribution in [0.25, 0.3) is 0 Å². The monoisotopic (exact) mass is 617 g/mol. The molecule has 0 saturated carbocycles. The number of nitrogens with one attached hydrogen (secondary N) is 1. The standard InChI is InChI=1S/C34H67NO8/c1-3-5-7-9-11-13-14-16-17-19-21-23-28(37)27(26-42-34-33(41)32(40)31(39)29(25-36)43-34)35-30(38)24-22-20-18-15-12-10-8-6-4-2/h27-29,31-34,36-37,39-41H,3-26H2,1-2H3,(H,35,38).